The molecule has 0 aliphatic heterocycles. The first kappa shape index (κ1) is 17.1. The van der Waals surface area contributed by atoms with Crippen LogP contribution in [0.2, 0.25) is 0 Å². The Hall–Kier alpha value is -1.92. The fourth-order valence-electron chi connectivity index (χ4n) is 1.86. The van der Waals surface area contributed by atoms with Crippen molar-refractivity contribution in [2.75, 3.05) is 6.54 Å². The summed E-state index contributed by atoms with van der Waals surface area (Å²) in [5, 5.41) is 15.5. The summed E-state index contributed by atoms with van der Waals surface area (Å²) in [6, 6.07) is 0. The third-order valence-electron chi connectivity index (χ3n) is 3.19. The van der Waals surface area contributed by atoms with Gasteiger partial charge in [-0.15, -0.1) is 0 Å². The van der Waals surface area contributed by atoms with Crippen LogP contribution >= 0.6 is 0 Å². The van der Waals surface area contributed by atoms with Gasteiger partial charge in [-0.25, -0.2) is 0 Å². The maximum absolute atomic E-state index is 11.7. The number of nitrogens with zero attached hydrogens (tertiary/aromatic N) is 2. The van der Waals surface area contributed by atoms with Crippen molar-refractivity contribution in [1.82, 2.24) is 15.5 Å². The quantitative estimate of drug-likeness (QED) is 0.714. The third kappa shape index (κ3) is 5.93. The minimum atomic E-state index is -0.897. The van der Waals surface area contributed by atoms with Crippen molar-refractivity contribution in [1.29, 1.82) is 0 Å². The molecule has 1 heterocycles. The number of rotatable bonds is 9. The zero-order valence-corrected chi connectivity index (χ0v) is 12.8. The molecule has 1 aromatic rings. The number of carboxylic acids is 1. The maximum Gasteiger partial charge on any atom is 0.308 e. The number of aryl methyl sites for hydroxylation is 2. The van der Waals surface area contributed by atoms with E-state index in [4.69, 9.17) is 9.63 Å². The molecule has 1 aromatic heterocycles. The summed E-state index contributed by atoms with van der Waals surface area (Å²) >= 11 is 0. The first-order valence-electron chi connectivity index (χ1n) is 7.25. The number of carbonyl (C=O) groups is 2. The van der Waals surface area contributed by atoms with E-state index in [1.807, 2.05) is 20.8 Å². The topological polar surface area (TPSA) is 105 Å². The summed E-state index contributed by atoms with van der Waals surface area (Å²) in [5.41, 5.74) is 0. The van der Waals surface area contributed by atoms with E-state index in [0.717, 1.165) is 12.8 Å². The second-order valence-electron chi connectivity index (χ2n) is 5.35. The van der Waals surface area contributed by atoms with Crippen molar-refractivity contribution >= 4 is 11.9 Å². The van der Waals surface area contributed by atoms with Crippen LogP contribution in [-0.2, 0) is 22.4 Å². The van der Waals surface area contributed by atoms with Crippen LogP contribution in [0.1, 0.15) is 45.3 Å². The van der Waals surface area contributed by atoms with Gasteiger partial charge in [0, 0.05) is 25.8 Å². The van der Waals surface area contributed by atoms with Gasteiger partial charge >= 0.3 is 5.97 Å². The van der Waals surface area contributed by atoms with Gasteiger partial charge in [0.05, 0.1) is 5.92 Å². The number of aromatic nitrogens is 2. The first-order valence-corrected chi connectivity index (χ1v) is 7.25. The number of amides is 1. The molecule has 2 N–H and O–H groups in total. The standard InChI is InChI=1S/C14H23N3O4/c1-4-5-11-16-13(21-17-11)7-6-12(18)15-8-10(9(2)3)14(19)20/h9-10H,4-8H2,1-3H3,(H,15,18)(H,19,20). The molecule has 1 atom stereocenters. The zero-order valence-electron chi connectivity index (χ0n) is 12.8. The van der Waals surface area contributed by atoms with E-state index in [9.17, 15) is 9.59 Å². The molecule has 0 aromatic carbocycles. The van der Waals surface area contributed by atoms with Crippen molar-refractivity contribution in [3.63, 3.8) is 0 Å². The first-order chi connectivity index (χ1) is 9.93. The fourth-order valence-corrected chi connectivity index (χ4v) is 1.86. The molecule has 1 rings (SSSR count). The highest BCUT2D eigenvalue weighted by molar-refractivity contribution is 5.77. The van der Waals surface area contributed by atoms with Crippen LogP contribution in [0.15, 0.2) is 4.52 Å². The maximum atomic E-state index is 11.7. The van der Waals surface area contributed by atoms with Gasteiger partial charge in [-0.1, -0.05) is 25.9 Å². The van der Waals surface area contributed by atoms with Crippen LogP contribution in [0, 0.1) is 11.8 Å². The molecule has 118 valence electrons. The van der Waals surface area contributed by atoms with Crippen LogP contribution in [0.4, 0.5) is 0 Å². The number of nitrogens with one attached hydrogen (secondary N) is 1. The average molecular weight is 297 g/mol. The molecule has 0 saturated heterocycles. The zero-order chi connectivity index (χ0) is 15.8. The van der Waals surface area contributed by atoms with Crippen molar-refractivity contribution in [2.24, 2.45) is 11.8 Å². The van der Waals surface area contributed by atoms with Gasteiger partial charge in [-0.05, 0) is 12.3 Å². The number of aliphatic carboxylic acids is 1. The molecule has 0 bridgehead atoms. The van der Waals surface area contributed by atoms with Gasteiger partial charge in [-0.2, -0.15) is 4.98 Å². The van der Waals surface area contributed by atoms with Crippen LogP contribution in [0.3, 0.4) is 0 Å². The van der Waals surface area contributed by atoms with E-state index in [-0.39, 0.29) is 24.8 Å². The van der Waals surface area contributed by atoms with E-state index in [2.05, 4.69) is 15.5 Å². The number of hydrogen-bond donors (Lipinski definition) is 2. The Morgan fingerprint density at radius 2 is 2.05 bits per heavy atom. The third-order valence-corrected chi connectivity index (χ3v) is 3.19. The molecule has 1 unspecified atom stereocenters. The molecule has 0 spiro atoms. The minimum Gasteiger partial charge on any atom is -0.481 e. The highest BCUT2D eigenvalue weighted by Crippen LogP contribution is 2.10. The minimum absolute atomic E-state index is 0.0321. The average Bonchev–Trinajstić information content (AvgIpc) is 2.84. The molecule has 0 saturated carbocycles. The van der Waals surface area contributed by atoms with Crippen molar-refractivity contribution < 1.29 is 19.2 Å². The van der Waals surface area contributed by atoms with E-state index in [0.29, 0.717) is 18.1 Å². The summed E-state index contributed by atoms with van der Waals surface area (Å²) in [7, 11) is 0. The predicted molar refractivity (Wildman–Crippen MR) is 75.6 cm³/mol. The van der Waals surface area contributed by atoms with Gasteiger partial charge < -0.3 is 14.9 Å². The molecule has 0 aliphatic carbocycles. The van der Waals surface area contributed by atoms with Gasteiger partial charge in [0.1, 0.15) is 0 Å². The van der Waals surface area contributed by atoms with E-state index in [1.54, 1.807) is 0 Å². The van der Waals surface area contributed by atoms with Gasteiger partial charge in [0.15, 0.2) is 5.82 Å². The summed E-state index contributed by atoms with van der Waals surface area (Å²) in [5.74, 6) is -0.627. The Balaban J connectivity index is 2.34. The molecule has 0 fully saturated rings. The van der Waals surface area contributed by atoms with Gasteiger partial charge in [0.25, 0.3) is 0 Å². The molecule has 7 heteroatoms. The van der Waals surface area contributed by atoms with Gasteiger partial charge in [0.2, 0.25) is 11.8 Å². The van der Waals surface area contributed by atoms with Crippen LogP contribution < -0.4 is 5.32 Å². The second-order valence-corrected chi connectivity index (χ2v) is 5.35. The molecular formula is C14H23N3O4. The normalized spacial score (nSPS) is 12.4. The Morgan fingerprint density at radius 1 is 1.33 bits per heavy atom. The lowest BCUT2D eigenvalue weighted by Gasteiger charge is -2.16. The monoisotopic (exact) mass is 297 g/mol. The van der Waals surface area contributed by atoms with Crippen molar-refractivity contribution in [3.8, 4) is 0 Å². The lowest BCUT2D eigenvalue weighted by molar-refractivity contribution is -0.143. The smallest absolute Gasteiger partial charge is 0.308 e. The Kier molecular flexibility index (Phi) is 6.84. The van der Waals surface area contributed by atoms with Crippen LogP contribution in [0.5, 0.6) is 0 Å². The molecule has 21 heavy (non-hydrogen) atoms. The van der Waals surface area contributed by atoms with E-state index >= 15 is 0 Å². The summed E-state index contributed by atoms with van der Waals surface area (Å²) in [6.45, 7) is 5.80. The molecular weight excluding hydrogens is 274 g/mol. The van der Waals surface area contributed by atoms with E-state index in [1.165, 1.54) is 0 Å². The van der Waals surface area contributed by atoms with E-state index < -0.39 is 11.9 Å². The Bertz CT molecular complexity index is 471. The lowest BCUT2D eigenvalue weighted by atomic mass is 9.96. The second kappa shape index (κ2) is 8.39. The molecule has 1 amide bonds. The summed E-state index contributed by atoms with van der Waals surface area (Å²) in [6.07, 6.45) is 2.26. The molecule has 0 aliphatic rings. The Morgan fingerprint density at radius 3 is 2.62 bits per heavy atom. The fraction of sp³-hybridized carbons (Fsp3) is 0.714. The number of hydrogen-bond acceptors (Lipinski definition) is 5. The van der Waals surface area contributed by atoms with Crippen molar-refractivity contribution in [3.05, 3.63) is 11.7 Å². The summed E-state index contributed by atoms with van der Waals surface area (Å²) in [4.78, 5) is 26.9. The largest absolute Gasteiger partial charge is 0.481 e. The highest BCUT2D eigenvalue weighted by Gasteiger charge is 2.22. The lowest BCUT2D eigenvalue weighted by Crippen LogP contribution is -2.35. The number of carboxylic acid groups (broad SMARTS) is 1. The summed E-state index contributed by atoms with van der Waals surface area (Å²) < 4.78 is 5.03. The highest BCUT2D eigenvalue weighted by atomic mass is 16.5. The van der Waals surface area contributed by atoms with Gasteiger partial charge in [-0.3, -0.25) is 9.59 Å². The predicted octanol–water partition coefficient (Wildman–Crippen LogP) is 1.43. The SMILES string of the molecule is CCCc1noc(CCC(=O)NCC(C(=O)O)C(C)C)n1. The number of carbonyl (C=O) groups excluding carboxylic acids is 1. The molecule has 7 nitrogen and oxygen atoms in total. The van der Waals surface area contributed by atoms with Crippen molar-refractivity contribution in [2.45, 2.75) is 46.5 Å². The van der Waals surface area contributed by atoms with Crippen LogP contribution in [-0.4, -0.2) is 33.7 Å². The molecule has 0 radical (unpaired) electrons. The van der Waals surface area contributed by atoms with Crippen LogP contribution in [0.25, 0.3) is 0 Å². The Labute approximate surface area is 124 Å².